The van der Waals surface area contributed by atoms with E-state index in [-0.39, 0.29) is 0 Å². The lowest BCUT2D eigenvalue weighted by molar-refractivity contribution is -0.128. The summed E-state index contributed by atoms with van der Waals surface area (Å²) in [4.78, 5) is 12.3. The van der Waals surface area contributed by atoms with E-state index in [0.29, 0.717) is 36.2 Å². The van der Waals surface area contributed by atoms with Gasteiger partial charge in [-0.15, -0.1) is 0 Å². The highest BCUT2D eigenvalue weighted by Gasteiger charge is 2.07. The minimum Gasteiger partial charge on any atom is -0.493 e. The number of hydrogen-bond acceptors (Lipinski definition) is 5. The average molecular weight is 467 g/mol. The van der Waals surface area contributed by atoms with Crippen LogP contribution in [0.3, 0.4) is 0 Å². The van der Waals surface area contributed by atoms with Gasteiger partial charge in [0.25, 0.3) is 0 Å². The van der Waals surface area contributed by atoms with Crippen molar-refractivity contribution < 1.29 is 23.7 Å². The van der Waals surface area contributed by atoms with E-state index in [4.69, 9.17) is 18.9 Å². The number of benzene rings is 4. The molecule has 5 heteroatoms. The molecule has 4 rings (SSSR count). The second kappa shape index (κ2) is 12.1. The molecule has 5 nitrogen and oxygen atoms in total. The summed E-state index contributed by atoms with van der Waals surface area (Å²) in [6, 6.07) is 32.3. The molecular weight excluding hydrogens is 440 g/mol. The molecule has 176 valence electrons. The van der Waals surface area contributed by atoms with Crippen molar-refractivity contribution in [2.75, 3.05) is 7.11 Å². The van der Waals surface area contributed by atoms with Gasteiger partial charge in [0.2, 0.25) is 0 Å². The Balaban J connectivity index is 1.30. The SMILES string of the molecule is COc1cc(/C=C/C(=O)Oc2ccc(OCc3ccccc3)cc2)ccc1OCc1ccccc1. The van der Waals surface area contributed by atoms with Crippen LogP contribution in [0.15, 0.2) is 109 Å². The molecule has 0 aliphatic heterocycles. The Hall–Kier alpha value is -4.51. The summed E-state index contributed by atoms with van der Waals surface area (Å²) < 4.78 is 22.5. The summed E-state index contributed by atoms with van der Waals surface area (Å²) in [5.41, 5.74) is 2.94. The molecule has 0 heterocycles. The van der Waals surface area contributed by atoms with E-state index in [9.17, 15) is 4.79 Å². The van der Waals surface area contributed by atoms with Gasteiger partial charge in [-0.1, -0.05) is 66.7 Å². The molecule has 0 aliphatic carbocycles. The molecule has 0 spiro atoms. The Morgan fingerprint density at radius 1 is 0.686 bits per heavy atom. The maximum Gasteiger partial charge on any atom is 0.336 e. The van der Waals surface area contributed by atoms with Crippen LogP contribution in [0, 0.1) is 0 Å². The van der Waals surface area contributed by atoms with Gasteiger partial charge in [-0.2, -0.15) is 0 Å². The van der Waals surface area contributed by atoms with Crippen LogP contribution in [-0.4, -0.2) is 13.1 Å². The lowest BCUT2D eigenvalue weighted by Crippen LogP contribution is -2.03. The zero-order valence-corrected chi connectivity index (χ0v) is 19.4. The third kappa shape index (κ3) is 7.24. The normalized spacial score (nSPS) is 10.7. The molecule has 0 aromatic heterocycles. The van der Waals surface area contributed by atoms with Crippen molar-refractivity contribution in [1.29, 1.82) is 0 Å². The molecule has 4 aromatic carbocycles. The van der Waals surface area contributed by atoms with E-state index in [0.717, 1.165) is 16.7 Å². The average Bonchev–Trinajstić information content (AvgIpc) is 2.91. The lowest BCUT2D eigenvalue weighted by Gasteiger charge is -2.11. The summed E-state index contributed by atoms with van der Waals surface area (Å²) in [6.45, 7) is 0.914. The minimum atomic E-state index is -0.480. The van der Waals surface area contributed by atoms with Crippen molar-refractivity contribution >= 4 is 12.0 Å². The molecule has 0 unspecified atom stereocenters. The molecule has 0 bridgehead atoms. The van der Waals surface area contributed by atoms with Crippen LogP contribution >= 0.6 is 0 Å². The van der Waals surface area contributed by atoms with E-state index in [1.165, 1.54) is 6.08 Å². The van der Waals surface area contributed by atoms with Crippen LogP contribution in [0.2, 0.25) is 0 Å². The van der Waals surface area contributed by atoms with Crippen LogP contribution in [-0.2, 0) is 18.0 Å². The van der Waals surface area contributed by atoms with Gasteiger partial charge in [0.15, 0.2) is 11.5 Å². The Morgan fingerprint density at radius 2 is 1.29 bits per heavy atom. The van der Waals surface area contributed by atoms with Gasteiger partial charge in [-0.3, -0.25) is 0 Å². The molecule has 0 saturated carbocycles. The highest BCUT2D eigenvalue weighted by molar-refractivity contribution is 5.88. The first kappa shape index (κ1) is 23.6. The number of esters is 1. The molecular formula is C30H26O5. The number of rotatable bonds is 10. The van der Waals surface area contributed by atoms with Crippen molar-refractivity contribution in [1.82, 2.24) is 0 Å². The number of ether oxygens (including phenoxy) is 4. The number of carbonyl (C=O) groups is 1. The van der Waals surface area contributed by atoms with Gasteiger partial charge in [-0.25, -0.2) is 4.79 Å². The predicted molar refractivity (Wildman–Crippen MR) is 136 cm³/mol. The van der Waals surface area contributed by atoms with E-state index in [1.807, 2.05) is 78.9 Å². The number of hydrogen-bond donors (Lipinski definition) is 0. The topological polar surface area (TPSA) is 54.0 Å². The zero-order chi connectivity index (χ0) is 24.3. The fraction of sp³-hybridized carbons (Fsp3) is 0.100. The Morgan fingerprint density at radius 3 is 1.91 bits per heavy atom. The van der Waals surface area contributed by atoms with Gasteiger partial charge in [0, 0.05) is 6.08 Å². The lowest BCUT2D eigenvalue weighted by atomic mass is 10.2. The van der Waals surface area contributed by atoms with Gasteiger partial charge in [-0.05, 0) is 59.2 Å². The van der Waals surface area contributed by atoms with E-state index in [1.54, 1.807) is 37.5 Å². The maximum absolute atomic E-state index is 12.3. The Bertz CT molecular complexity index is 1250. The predicted octanol–water partition coefficient (Wildman–Crippen LogP) is 6.47. The molecule has 4 aromatic rings. The molecule has 0 amide bonds. The van der Waals surface area contributed by atoms with Crippen LogP contribution in [0.5, 0.6) is 23.0 Å². The van der Waals surface area contributed by atoms with Crippen molar-refractivity contribution in [3.8, 4) is 23.0 Å². The molecule has 0 N–H and O–H groups in total. The summed E-state index contributed by atoms with van der Waals surface area (Å²) in [5, 5.41) is 0. The van der Waals surface area contributed by atoms with Gasteiger partial charge >= 0.3 is 5.97 Å². The Kier molecular flexibility index (Phi) is 8.17. The first-order valence-corrected chi connectivity index (χ1v) is 11.2. The van der Waals surface area contributed by atoms with Crippen LogP contribution in [0.4, 0.5) is 0 Å². The molecule has 0 saturated heterocycles. The highest BCUT2D eigenvalue weighted by Crippen LogP contribution is 2.29. The smallest absolute Gasteiger partial charge is 0.336 e. The summed E-state index contributed by atoms with van der Waals surface area (Å²) in [5.74, 6) is 1.87. The van der Waals surface area contributed by atoms with Gasteiger partial charge in [0.05, 0.1) is 7.11 Å². The van der Waals surface area contributed by atoms with Crippen LogP contribution in [0.1, 0.15) is 16.7 Å². The third-order valence-corrected chi connectivity index (χ3v) is 5.13. The van der Waals surface area contributed by atoms with Gasteiger partial charge < -0.3 is 18.9 Å². The van der Waals surface area contributed by atoms with Gasteiger partial charge in [0.1, 0.15) is 24.7 Å². The monoisotopic (exact) mass is 466 g/mol. The second-order valence-corrected chi connectivity index (χ2v) is 7.68. The molecule has 35 heavy (non-hydrogen) atoms. The molecule has 0 fully saturated rings. The van der Waals surface area contributed by atoms with Crippen LogP contribution in [0.25, 0.3) is 6.08 Å². The quantitative estimate of drug-likeness (QED) is 0.152. The van der Waals surface area contributed by atoms with Crippen molar-refractivity contribution in [3.63, 3.8) is 0 Å². The third-order valence-electron chi connectivity index (χ3n) is 5.13. The Labute approximate surface area is 205 Å². The first-order chi connectivity index (χ1) is 17.2. The van der Waals surface area contributed by atoms with E-state index < -0.39 is 5.97 Å². The fourth-order valence-electron chi connectivity index (χ4n) is 3.30. The summed E-state index contributed by atoms with van der Waals surface area (Å²) >= 11 is 0. The fourth-order valence-corrected chi connectivity index (χ4v) is 3.30. The first-order valence-electron chi connectivity index (χ1n) is 11.2. The molecule has 0 atom stereocenters. The van der Waals surface area contributed by atoms with E-state index in [2.05, 4.69) is 0 Å². The van der Waals surface area contributed by atoms with Crippen molar-refractivity contribution in [2.45, 2.75) is 13.2 Å². The highest BCUT2D eigenvalue weighted by atomic mass is 16.5. The van der Waals surface area contributed by atoms with Crippen LogP contribution < -0.4 is 18.9 Å². The second-order valence-electron chi connectivity index (χ2n) is 7.68. The molecule has 0 aliphatic rings. The summed E-state index contributed by atoms with van der Waals surface area (Å²) in [6.07, 6.45) is 3.04. The van der Waals surface area contributed by atoms with Crippen molar-refractivity contribution in [3.05, 3.63) is 126 Å². The maximum atomic E-state index is 12.3. The zero-order valence-electron chi connectivity index (χ0n) is 19.4. The van der Waals surface area contributed by atoms with Crippen molar-refractivity contribution in [2.24, 2.45) is 0 Å². The summed E-state index contributed by atoms with van der Waals surface area (Å²) in [7, 11) is 1.58. The molecule has 0 radical (unpaired) electrons. The number of methoxy groups -OCH3 is 1. The standard InChI is InChI=1S/C30H26O5/c1-32-29-20-23(12-18-28(29)34-22-25-10-6-3-7-11-25)13-19-30(31)35-27-16-14-26(15-17-27)33-21-24-8-4-2-5-9-24/h2-20H,21-22H2,1H3/b19-13+. The van der Waals surface area contributed by atoms with E-state index >= 15 is 0 Å². The number of carbonyl (C=O) groups excluding carboxylic acids is 1. The minimum absolute atomic E-state index is 0.439. The largest absolute Gasteiger partial charge is 0.493 e.